The molecule has 5 rings (SSSR count). The molecule has 5 atom stereocenters. The number of rotatable bonds is 5. The first-order valence-corrected chi connectivity index (χ1v) is 11.7. The molecule has 2 heterocycles. The van der Waals surface area contributed by atoms with Gasteiger partial charge in [0.1, 0.15) is 24.7 Å². The van der Waals surface area contributed by atoms with Crippen LogP contribution in [0, 0.1) is 11.8 Å². The van der Waals surface area contributed by atoms with Gasteiger partial charge in [-0.25, -0.2) is 0 Å². The molecule has 2 aromatic carbocycles. The Morgan fingerprint density at radius 1 is 0.886 bits per heavy atom. The monoisotopic (exact) mass is 563 g/mol. The Labute approximate surface area is 211 Å². The van der Waals surface area contributed by atoms with Crippen LogP contribution in [0.2, 0.25) is 0 Å². The van der Waals surface area contributed by atoms with Gasteiger partial charge in [0.15, 0.2) is 0 Å². The molecule has 0 amide bonds. The van der Waals surface area contributed by atoms with Gasteiger partial charge in [0, 0.05) is 23.8 Å². The number of halogens is 7. The van der Waals surface area contributed by atoms with Crippen LogP contribution in [0.3, 0.4) is 0 Å². The summed E-state index contributed by atoms with van der Waals surface area (Å²) in [7, 11) is 0. The fourth-order valence-corrected chi connectivity index (χ4v) is 7.13. The Morgan fingerprint density at radius 3 is 2.11 bits per heavy atom. The number of quaternary nitrogens is 1. The van der Waals surface area contributed by atoms with Crippen LogP contribution < -0.4 is 17.0 Å². The van der Waals surface area contributed by atoms with Crippen molar-refractivity contribution in [2.45, 2.75) is 63.3 Å². The van der Waals surface area contributed by atoms with Crippen molar-refractivity contribution < 1.29 is 52.5 Å². The molecule has 2 aromatic rings. The summed E-state index contributed by atoms with van der Waals surface area (Å²) in [6.45, 7) is 4.15. The minimum atomic E-state index is -4.84. The van der Waals surface area contributed by atoms with Gasteiger partial charge < -0.3 is 26.2 Å². The summed E-state index contributed by atoms with van der Waals surface area (Å²) < 4.78 is 87.6. The third-order valence-corrected chi connectivity index (χ3v) is 8.75. The quantitative estimate of drug-likeness (QED) is 0.397. The molecular weight excluding hydrogens is 536 g/mol. The average molecular weight is 564 g/mol. The zero-order valence-electron chi connectivity index (χ0n) is 19.3. The standard InChI is InChI=1S/C26H28F6NO.BrH/c1-24-19-7-8-22(24)23(34-16-17-5-3-2-4-6-17)15-33(24,10-9-19)14-18-11-20(25(27,28)29)13-21(12-18)26(30,31)32;/h2-6,11-13,19,22-23H,7-10,14-16H2,1H3;1H/q+1;/p-1/t19-,22+,23-,24+,33+;/m0./s1. The van der Waals surface area contributed by atoms with Crippen molar-refractivity contribution in [3.63, 3.8) is 0 Å². The van der Waals surface area contributed by atoms with Gasteiger partial charge in [-0.3, -0.25) is 0 Å². The zero-order chi connectivity index (χ0) is 24.4. The molecule has 2 aliphatic heterocycles. The molecule has 0 aromatic heterocycles. The van der Waals surface area contributed by atoms with E-state index in [1.165, 1.54) is 0 Å². The number of ether oxygens (including phenoxy) is 1. The fourth-order valence-electron chi connectivity index (χ4n) is 7.13. The van der Waals surface area contributed by atoms with Crippen LogP contribution in [-0.4, -0.2) is 29.2 Å². The minimum absolute atomic E-state index is 0. The Kier molecular flexibility index (Phi) is 6.86. The molecule has 1 aliphatic carbocycles. The highest BCUT2D eigenvalue weighted by molar-refractivity contribution is 5.33. The third-order valence-electron chi connectivity index (χ3n) is 8.75. The number of benzene rings is 2. The number of hydrogen-bond donors (Lipinski definition) is 0. The van der Waals surface area contributed by atoms with E-state index in [9.17, 15) is 26.3 Å². The van der Waals surface area contributed by atoms with E-state index in [1.54, 1.807) is 0 Å². The fraction of sp³-hybridized carbons (Fsp3) is 0.538. The van der Waals surface area contributed by atoms with Gasteiger partial charge in [-0.05, 0) is 43.5 Å². The maximum atomic E-state index is 13.5. The smallest absolute Gasteiger partial charge is 0.416 e. The summed E-state index contributed by atoms with van der Waals surface area (Å²) in [5.74, 6) is 0.660. The Bertz CT molecular complexity index is 1030. The molecule has 35 heavy (non-hydrogen) atoms. The van der Waals surface area contributed by atoms with Crippen molar-refractivity contribution in [2.75, 3.05) is 13.1 Å². The molecular formula is C26H28BrF6NO. The molecule has 0 radical (unpaired) electrons. The Balaban J connectivity index is 0.00000289. The summed E-state index contributed by atoms with van der Waals surface area (Å²) in [4.78, 5) is 0. The maximum Gasteiger partial charge on any atom is 0.416 e. The lowest BCUT2D eigenvalue weighted by atomic mass is 9.83. The van der Waals surface area contributed by atoms with Crippen LogP contribution >= 0.6 is 0 Å². The van der Waals surface area contributed by atoms with E-state index in [-0.39, 0.29) is 52.7 Å². The number of hydrogen-bond acceptors (Lipinski definition) is 1. The van der Waals surface area contributed by atoms with Crippen LogP contribution in [0.5, 0.6) is 0 Å². The summed E-state index contributed by atoms with van der Waals surface area (Å²) in [6, 6.07) is 11.8. The number of nitrogens with zero attached hydrogens (tertiary/aromatic N) is 1. The molecule has 2 nitrogen and oxygen atoms in total. The van der Waals surface area contributed by atoms with Crippen molar-refractivity contribution in [3.8, 4) is 0 Å². The van der Waals surface area contributed by atoms with Crippen molar-refractivity contribution in [2.24, 2.45) is 11.8 Å². The van der Waals surface area contributed by atoms with Crippen LogP contribution in [-0.2, 0) is 30.2 Å². The summed E-state index contributed by atoms with van der Waals surface area (Å²) in [6.07, 6.45) is -6.78. The summed E-state index contributed by atoms with van der Waals surface area (Å²) in [5.41, 5.74) is -1.54. The maximum absolute atomic E-state index is 13.5. The summed E-state index contributed by atoms with van der Waals surface area (Å²) >= 11 is 0. The van der Waals surface area contributed by atoms with Crippen LogP contribution in [0.4, 0.5) is 26.3 Å². The van der Waals surface area contributed by atoms with Crippen molar-refractivity contribution in [1.82, 2.24) is 0 Å². The molecule has 0 bridgehead atoms. The van der Waals surface area contributed by atoms with Crippen molar-refractivity contribution >= 4 is 0 Å². The van der Waals surface area contributed by atoms with Crippen LogP contribution in [0.15, 0.2) is 48.5 Å². The summed E-state index contributed by atoms with van der Waals surface area (Å²) in [5, 5.41) is 0. The highest BCUT2D eigenvalue weighted by atomic mass is 79.9. The zero-order valence-corrected chi connectivity index (χ0v) is 20.9. The minimum Gasteiger partial charge on any atom is -1.00 e. The normalized spacial score (nSPS) is 31.9. The molecule has 3 fully saturated rings. The van der Waals surface area contributed by atoms with E-state index < -0.39 is 23.5 Å². The first-order valence-electron chi connectivity index (χ1n) is 11.7. The van der Waals surface area contributed by atoms with Gasteiger partial charge in [-0.15, -0.1) is 0 Å². The third kappa shape index (κ3) is 4.53. The molecule has 0 spiro atoms. The topological polar surface area (TPSA) is 9.23 Å². The predicted octanol–water partition coefficient (Wildman–Crippen LogP) is 3.83. The molecule has 0 unspecified atom stereocenters. The highest BCUT2D eigenvalue weighted by Crippen LogP contribution is 2.61. The Morgan fingerprint density at radius 2 is 1.51 bits per heavy atom. The predicted molar refractivity (Wildman–Crippen MR) is 114 cm³/mol. The first-order chi connectivity index (χ1) is 15.9. The molecule has 2 saturated heterocycles. The van der Waals surface area contributed by atoms with E-state index in [1.807, 2.05) is 30.3 Å². The molecule has 9 heteroatoms. The highest BCUT2D eigenvalue weighted by Gasteiger charge is 2.71. The van der Waals surface area contributed by atoms with Gasteiger partial charge in [0.05, 0.1) is 24.3 Å². The second-order valence-electron chi connectivity index (χ2n) is 10.4. The van der Waals surface area contributed by atoms with Gasteiger partial charge in [0.25, 0.3) is 0 Å². The van der Waals surface area contributed by atoms with Crippen LogP contribution in [0.25, 0.3) is 0 Å². The van der Waals surface area contributed by atoms with Gasteiger partial charge in [0.2, 0.25) is 0 Å². The lowest BCUT2D eigenvalue weighted by molar-refractivity contribution is -0.966. The van der Waals surface area contributed by atoms with Crippen molar-refractivity contribution in [3.05, 3.63) is 70.8 Å². The lowest BCUT2D eigenvalue weighted by Crippen LogP contribution is -3.00. The van der Waals surface area contributed by atoms with E-state index in [0.717, 1.165) is 43.5 Å². The second kappa shape index (κ2) is 9.06. The Hall–Kier alpha value is -1.58. The van der Waals surface area contributed by atoms with E-state index in [4.69, 9.17) is 4.74 Å². The average Bonchev–Trinajstić information content (AvgIpc) is 3.34. The lowest BCUT2D eigenvalue weighted by Gasteiger charge is -2.44. The molecule has 3 aliphatic rings. The number of alkyl halides is 6. The van der Waals surface area contributed by atoms with E-state index in [2.05, 4.69) is 6.92 Å². The van der Waals surface area contributed by atoms with Crippen LogP contribution in [0.1, 0.15) is 48.4 Å². The first kappa shape index (κ1) is 26.5. The molecule has 1 saturated carbocycles. The van der Waals surface area contributed by atoms with Crippen molar-refractivity contribution in [1.29, 1.82) is 0 Å². The van der Waals surface area contributed by atoms with Gasteiger partial charge >= 0.3 is 12.4 Å². The largest absolute Gasteiger partial charge is 1.00 e. The SMILES string of the molecule is C[C@@]12[C@H]3CC[C@@H]1[C@@H](OCc1ccccc1)C[N@+]2(Cc1cc(C(F)(F)F)cc(C(F)(F)F)c1)CC3.[Br-]. The van der Waals surface area contributed by atoms with E-state index >= 15 is 0 Å². The van der Waals surface area contributed by atoms with Gasteiger partial charge in [-0.1, -0.05) is 30.3 Å². The van der Waals surface area contributed by atoms with E-state index in [0.29, 0.717) is 23.6 Å². The molecule has 192 valence electrons. The molecule has 0 N–H and O–H groups in total. The van der Waals surface area contributed by atoms with Gasteiger partial charge in [-0.2, -0.15) is 26.3 Å². The second-order valence-corrected chi connectivity index (χ2v) is 10.4.